The highest BCUT2D eigenvalue weighted by molar-refractivity contribution is 5.76. The van der Waals surface area contributed by atoms with E-state index in [1.807, 2.05) is 6.92 Å². The van der Waals surface area contributed by atoms with Crippen molar-refractivity contribution in [2.24, 2.45) is 0 Å². The van der Waals surface area contributed by atoms with Gasteiger partial charge in [0.15, 0.2) is 11.4 Å². The van der Waals surface area contributed by atoms with Crippen LogP contribution in [0.3, 0.4) is 0 Å². The molecule has 0 spiro atoms. The van der Waals surface area contributed by atoms with Crippen molar-refractivity contribution < 1.29 is 9.90 Å². The van der Waals surface area contributed by atoms with Crippen LogP contribution in [0.5, 0.6) is 0 Å². The zero-order chi connectivity index (χ0) is 15.7. The van der Waals surface area contributed by atoms with Gasteiger partial charge < -0.3 is 5.11 Å². The number of rotatable bonds is 11. The molecule has 0 bridgehead atoms. The minimum atomic E-state index is -1.06. The van der Waals surface area contributed by atoms with Crippen molar-refractivity contribution in [2.45, 2.75) is 84.1 Å². The first kappa shape index (κ1) is 17.6. The molecule has 0 aromatic carbocycles. The van der Waals surface area contributed by atoms with Gasteiger partial charge in [-0.25, -0.2) is 9.48 Å². The Morgan fingerprint density at radius 2 is 1.76 bits per heavy atom. The molecular formula is C15H28N4O2. The SMILES string of the molecule is CCCCCCCCCc1nnnn1C(C)(CC)C(=O)O. The lowest BCUT2D eigenvalue weighted by Gasteiger charge is -2.23. The van der Waals surface area contributed by atoms with E-state index in [2.05, 4.69) is 22.4 Å². The van der Waals surface area contributed by atoms with E-state index in [0.29, 0.717) is 12.2 Å². The Labute approximate surface area is 126 Å². The summed E-state index contributed by atoms with van der Waals surface area (Å²) in [6, 6.07) is 0. The molecule has 120 valence electrons. The minimum absolute atomic E-state index is 0.456. The molecule has 0 amide bonds. The summed E-state index contributed by atoms with van der Waals surface area (Å²) in [6.45, 7) is 5.72. The molecule has 1 heterocycles. The first-order valence-electron chi connectivity index (χ1n) is 8.07. The molecule has 0 fully saturated rings. The molecule has 0 aliphatic carbocycles. The zero-order valence-electron chi connectivity index (χ0n) is 13.5. The van der Waals surface area contributed by atoms with Crippen molar-refractivity contribution in [2.75, 3.05) is 0 Å². The highest BCUT2D eigenvalue weighted by Crippen LogP contribution is 2.21. The molecule has 1 aromatic heterocycles. The van der Waals surface area contributed by atoms with Gasteiger partial charge in [-0.2, -0.15) is 0 Å². The van der Waals surface area contributed by atoms with Gasteiger partial charge in [-0.15, -0.1) is 5.10 Å². The van der Waals surface area contributed by atoms with Gasteiger partial charge in [-0.3, -0.25) is 0 Å². The Morgan fingerprint density at radius 1 is 1.14 bits per heavy atom. The van der Waals surface area contributed by atoms with Gasteiger partial charge in [-0.1, -0.05) is 52.4 Å². The number of tetrazole rings is 1. The standard InChI is InChI=1S/C15H28N4O2/c1-4-6-7-8-9-10-11-12-13-16-17-18-19(13)15(3,5-2)14(20)21/h4-12H2,1-3H3,(H,20,21). The van der Waals surface area contributed by atoms with E-state index in [1.54, 1.807) is 6.92 Å². The maximum Gasteiger partial charge on any atom is 0.331 e. The Hall–Kier alpha value is -1.46. The molecule has 1 atom stereocenters. The number of hydrogen-bond donors (Lipinski definition) is 1. The summed E-state index contributed by atoms with van der Waals surface area (Å²) < 4.78 is 1.48. The third-order valence-electron chi connectivity index (χ3n) is 4.15. The number of carbonyl (C=O) groups is 1. The number of nitrogens with zero attached hydrogens (tertiary/aromatic N) is 4. The Kier molecular flexibility index (Phi) is 7.32. The van der Waals surface area contributed by atoms with E-state index in [-0.39, 0.29) is 0 Å². The second kappa shape index (κ2) is 8.74. The molecule has 0 saturated carbocycles. The lowest BCUT2D eigenvalue weighted by molar-refractivity contribution is -0.147. The Balaban J connectivity index is 2.47. The third kappa shape index (κ3) is 4.79. The number of aliphatic carboxylic acids is 1. The van der Waals surface area contributed by atoms with Crippen molar-refractivity contribution in [3.63, 3.8) is 0 Å². The Morgan fingerprint density at radius 3 is 2.33 bits per heavy atom. The third-order valence-corrected chi connectivity index (χ3v) is 4.15. The van der Waals surface area contributed by atoms with Crippen LogP contribution in [0.2, 0.25) is 0 Å². The van der Waals surface area contributed by atoms with Crippen molar-refractivity contribution >= 4 is 5.97 Å². The van der Waals surface area contributed by atoms with Crippen LogP contribution in [-0.2, 0) is 16.8 Å². The Bertz CT molecular complexity index is 433. The van der Waals surface area contributed by atoms with Crippen LogP contribution < -0.4 is 0 Å². The van der Waals surface area contributed by atoms with Gasteiger partial charge in [0.2, 0.25) is 0 Å². The predicted octanol–water partition coefficient (Wildman–Crippen LogP) is 3.18. The smallest absolute Gasteiger partial charge is 0.331 e. The average molecular weight is 296 g/mol. The van der Waals surface area contributed by atoms with E-state index < -0.39 is 11.5 Å². The number of unbranched alkanes of at least 4 members (excludes halogenated alkanes) is 6. The highest BCUT2D eigenvalue weighted by atomic mass is 16.4. The molecule has 0 aliphatic rings. The average Bonchev–Trinajstić information content (AvgIpc) is 2.94. The molecule has 21 heavy (non-hydrogen) atoms. The van der Waals surface area contributed by atoms with Crippen LogP contribution >= 0.6 is 0 Å². The molecule has 6 heteroatoms. The van der Waals surface area contributed by atoms with Crippen LogP contribution in [0.4, 0.5) is 0 Å². The normalized spacial score (nSPS) is 14.0. The van der Waals surface area contributed by atoms with E-state index in [0.717, 1.165) is 19.3 Å². The van der Waals surface area contributed by atoms with Gasteiger partial charge in [0.05, 0.1) is 0 Å². The molecule has 1 unspecified atom stereocenters. The second-order valence-corrected chi connectivity index (χ2v) is 5.81. The summed E-state index contributed by atoms with van der Waals surface area (Å²) in [7, 11) is 0. The monoisotopic (exact) mass is 296 g/mol. The largest absolute Gasteiger partial charge is 0.479 e. The lowest BCUT2D eigenvalue weighted by Crippen LogP contribution is -2.40. The summed E-state index contributed by atoms with van der Waals surface area (Å²) in [6.07, 6.45) is 9.73. The van der Waals surface area contributed by atoms with Crippen molar-refractivity contribution in [1.29, 1.82) is 0 Å². The summed E-state index contributed by atoms with van der Waals surface area (Å²) >= 11 is 0. The predicted molar refractivity (Wildman–Crippen MR) is 81.1 cm³/mol. The van der Waals surface area contributed by atoms with Crippen LogP contribution in [0, 0.1) is 0 Å². The van der Waals surface area contributed by atoms with Crippen LogP contribution in [-0.4, -0.2) is 31.3 Å². The summed E-state index contributed by atoms with van der Waals surface area (Å²) in [5.74, 6) is -0.214. The van der Waals surface area contributed by atoms with Crippen molar-refractivity contribution in [1.82, 2.24) is 20.2 Å². The molecular weight excluding hydrogens is 268 g/mol. The maximum atomic E-state index is 11.5. The van der Waals surface area contributed by atoms with Crippen LogP contribution in [0.25, 0.3) is 0 Å². The number of carboxylic acids is 1. The molecule has 6 nitrogen and oxygen atoms in total. The van der Waals surface area contributed by atoms with Crippen molar-refractivity contribution in [3.8, 4) is 0 Å². The molecule has 1 aromatic rings. The van der Waals surface area contributed by atoms with Gasteiger partial charge >= 0.3 is 5.97 Å². The van der Waals surface area contributed by atoms with Gasteiger partial charge in [0, 0.05) is 6.42 Å². The summed E-state index contributed by atoms with van der Waals surface area (Å²) in [5, 5.41) is 21.0. The fourth-order valence-electron chi connectivity index (χ4n) is 2.38. The van der Waals surface area contributed by atoms with Crippen LogP contribution in [0.1, 0.15) is 78.0 Å². The molecule has 0 aliphatic heterocycles. The molecule has 1 rings (SSSR count). The first-order chi connectivity index (χ1) is 10.1. The number of aromatic nitrogens is 4. The first-order valence-corrected chi connectivity index (χ1v) is 8.07. The van der Waals surface area contributed by atoms with E-state index >= 15 is 0 Å². The molecule has 0 radical (unpaired) electrons. The molecule has 0 saturated heterocycles. The maximum absolute atomic E-state index is 11.5. The van der Waals surface area contributed by atoms with Gasteiger partial charge in [0.1, 0.15) is 0 Å². The number of carboxylic acid groups (broad SMARTS) is 1. The van der Waals surface area contributed by atoms with E-state index in [9.17, 15) is 9.90 Å². The fourth-order valence-corrected chi connectivity index (χ4v) is 2.38. The van der Waals surface area contributed by atoms with E-state index in [1.165, 1.54) is 36.8 Å². The van der Waals surface area contributed by atoms with E-state index in [4.69, 9.17) is 0 Å². The highest BCUT2D eigenvalue weighted by Gasteiger charge is 2.36. The number of hydrogen-bond acceptors (Lipinski definition) is 4. The molecule has 1 N–H and O–H groups in total. The van der Waals surface area contributed by atoms with Gasteiger partial charge in [-0.05, 0) is 30.2 Å². The van der Waals surface area contributed by atoms with Crippen molar-refractivity contribution in [3.05, 3.63) is 5.82 Å². The summed E-state index contributed by atoms with van der Waals surface area (Å²) in [5.41, 5.74) is -1.06. The quantitative estimate of drug-likeness (QED) is 0.634. The number of aryl methyl sites for hydroxylation is 1. The lowest BCUT2D eigenvalue weighted by atomic mass is 9.99. The fraction of sp³-hybridized carbons (Fsp3) is 0.867. The second-order valence-electron chi connectivity index (χ2n) is 5.81. The zero-order valence-corrected chi connectivity index (χ0v) is 13.5. The topological polar surface area (TPSA) is 80.9 Å². The van der Waals surface area contributed by atoms with Gasteiger partial charge in [0.25, 0.3) is 0 Å². The van der Waals surface area contributed by atoms with Crippen LogP contribution in [0.15, 0.2) is 0 Å². The summed E-state index contributed by atoms with van der Waals surface area (Å²) in [4.78, 5) is 11.5. The minimum Gasteiger partial charge on any atom is -0.479 e.